The molecule has 1 heterocycles. The van der Waals surface area contributed by atoms with E-state index in [1.54, 1.807) is 18.2 Å². The van der Waals surface area contributed by atoms with Crippen molar-refractivity contribution < 1.29 is 23.8 Å². The van der Waals surface area contributed by atoms with E-state index < -0.39 is 12.1 Å². The Hall–Kier alpha value is -3.58. The van der Waals surface area contributed by atoms with E-state index in [0.29, 0.717) is 15.4 Å². The van der Waals surface area contributed by atoms with Crippen LogP contribution in [-0.4, -0.2) is 23.8 Å². The average molecular weight is 478 g/mol. The Morgan fingerprint density at radius 3 is 2.26 bits per heavy atom. The van der Waals surface area contributed by atoms with Crippen LogP contribution in [0.1, 0.15) is 27.6 Å². The molecule has 0 atom stereocenters. The minimum atomic E-state index is -1.28. The molecule has 0 unspecified atom stereocenters. The van der Waals surface area contributed by atoms with Gasteiger partial charge in [0.2, 0.25) is 5.76 Å². The van der Waals surface area contributed by atoms with E-state index in [0.717, 1.165) is 22.3 Å². The lowest BCUT2D eigenvalue weighted by Gasteiger charge is -2.14. The SMILES string of the molecule is O=C(Nc1c(C(=O)O)oc2cccc(Br)c12)OCC1c2ccccc2-c2ccccc21. The van der Waals surface area contributed by atoms with Gasteiger partial charge in [0.25, 0.3) is 0 Å². The van der Waals surface area contributed by atoms with E-state index in [-0.39, 0.29) is 24.0 Å². The van der Waals surface area contributed by atoms with E-state index in [1.165, 1.54) is 0 Å². The van der Waals surface area contributed by atoms with Gasteiger partial charge in [-0.1, -0.05) is 54.6 Å². The Balaban J connectivity index is 1.41. The number of hydrogen-bond acceptors (Lipinski definition) is 4. The van der Waals surface area contributed by atoms with Crippen LogP contribution in [0.3, 0.4) is 0 Å². The van der Waals surface area contributed by atoms with Crippen LogP contribution < -0.4 is 5.32 Å². The van der Waals surface area contributed by atoms with Gasteiger partial charge in [0.1, 0.15) is 17.9 Å². The number of nitrogens with one attached hydrogen (secondary N) is 1. The number of amides is 1. The molecule has 3 aromatic carbocycles. The van der Waals surface area contributed by atoms with Gasteiger partial charge >= 0.3 is 12.1 Å². The number of halogens is 1. The summed E-state index contributed by atoms with van der Waals surface area (Å²) in [5.41, 5.74) is 4.86. The Morgan fingerprint density at radius 2 is 1.61 bits per heavy atom. The van der Waals surface area contributed by atoms with E-state index in [9.17, 15) is 14.7 Å². The Morgan fingerprint density at radius 1 is 0.968 bits per heavy atom. The predicted octanol–water partition coefficient (Wildman–Crippen LogP) is 6.25. The number of furan rings is 1. The van der Waals surface area contributed by atoms with Crippen molar-refractivity contribution in [2.24, 2.45) is 0 Å². The zero-order valence-electron chi connectivity index (χ0n) is 16.1. The molecule has 0 aliphatic heterocycles. The molecule has 154 valence electrons. The third kappa shape index (κ3) is 3.27. The summed E-state index contributed by atoms with van der Waals surface area (Å²) in [4.78, 5) is 24.3. The molecule has 0 fully saturated rings. The Kier molecular flexibility index (Phi) is 4.75. The molecule has 31 heavy (non-hydrogen) atoms. The van der Waals surface area contributed by atoms with E-state index in [1.807, 2.05) is 36.4 Å². The van der Waals surface area contributed by atoms with Crippen LogP contribution in [0.2, 0.25) is 0 Å². The molecule has 4 aromatic rings. The zero-order valence-corrected chi connectivity index (χ0v) is 17.7. The smallest absolute Gasteiger partial charge is 0.411 e. The van der Waals surface area contributed by atoms with Crippen molar-refractivity contribution in [2.45, 2.75) is 5.92 Å². The van der Waals surface area contributed by atoms with Gasteiger partial charge in [0, 0.05) is 10.4 Å². The summed E-state index contributed by atoms with van der Waals surface area (Å²) >= 11 is 3.38. The van der Waals surface area contributed by atoms with Crippen molar-refractivity contribution in [1.82, 2.24) is 0 Å². The molecule has 2 N–H and O–H groups in total. The molecule has 7 heteroatoms. The molecule has 0 radical (unpaired) electrons. The monoisotopic (exact) mass is 477 g/mol. The molecule has 1 aromatic heterocycles. The maximum Gasteiger partial charge on any atom is 0.411 e. The highest BCUT2D eigenvalue weighted by atomic mass is 79.9. The minimum Gasteiger partial charge on any atom is -0.475 e. The predicted molar refractivity (Wildman–Crippen MR) is 120 cm³/mol. The first-order chi connectivity index (χ1) is 15.0. The summed E-state index contributed by atoms with van der Waals surface area (Å²) in [6.07, 6.45) is -0.747. The number of carbonyl (C=O) groups is 2. The van der Waals surface area contributed by atoms with Crippen molar-refractivity contribution in [3.05, 3.63) is 88.1 Å². The zero-order chi connectivity index (χ0) is 21.5. The third-order valence-corrected chi connectivity index (χ3v) is 6.09. The van der Waals surface area contributed by atoms with Gasteiger partial charge in [-0.05, 0) is 50.3 Å². The van der Waals surface area contributed by atoms with Crippen LogP contribution in [-0.2, 0) is 4.74 Å². The van der Waals surface area contributed by atoms with E-state index in [4.69, 9.17) is 9.15 Å². The molecule has 5 rings (SSSR count). The van der Waals surface area contributed by atoms with Gasteiger partial charge in [-0.2, -0.15) is 0 Å². The number of carboxylic acids is 1. The first kappa shape index (κ1) is 19.4. The highest BCUT2D eigenvalue weighted by Crippen LogP contribution is 2.44. The number of anilines is 1. The number of aromatic carboxylic acids is 1. The Labute approximate surface area is 185 Å². The molecule has 0 saturated heterocycles. The summed E-state index contributed by atoms with van der Waals surface area (Å²) in [6.45, 7) is 0.124. The van der Waals surface area contributed by atoms with Gasteiger partial charge in [-0.25, -0.2) is 9.59 Å². The number of fused-ring (bicyclic) bond motifs is 4. The second kappa shape index (κ2) is 7.59. The van der Waals surface area contributed by atoms with E-state index >= 15 is 0 Å². The Bertz CT molecular complexity index is 1300. The fourth-order valence-corrected chi connectivity index (χ4v) is 4.66. The quantitative estimate of drug-likeness (QED) is 0.362. The molecule has 6 nitrogen and oxygen atoms in total. The summed E-state index contributed by atoms with van der Waals surface area (Å²) in [7, 11) is 0. The number of carboxylic acid groups (broad SMARTS) is 1. The highest BCUT2D eigenvalue weighted by Gasteiger charge is 2.30. The van der Waals surface area contributed by atoms with Crippen molar-refractivity contribution in [3.63, 3.8) is 0 Å². The van der Waals surface area contributed by atoms with Crippen LogP contribution in [0.15, 0.2) is 75.6 Å². The average Bonchev–Trinajstić information content (AvgIpc) is 3.29. The molecular formula is C24H16BrNO5. The lowest BCUT2D eigenvalue weighted by molar-refractivity contribution is 0.0666. The number of benzene rings is 3. The maximum absolute atomic E-state index is 12.6. The fourth-order valence-electron chi connectivity index (χ4n) is 4.11. The molecular weight excluding hydrogens is 462 g/mol. The fraction of sp³-hybridized carbons (Fsp3) is 0.0833. The van der Waals surface area contributed by atoms with E-state index in [2.05, 4.69) is 33.4 Å². The summed E-state index contributed by atoms with van der Waals surface area (Å²) < 4.78 is 11.6. The molecule has 0 spiro atoms. The number of ether oxygens (including phenoxy) is 1. The molecule has 0 bridgehead atoms. The largest absolute Gasteiger partial charge is 0.475 e. The summed E-state index contributed by atoms with van der Waals surface area (Å²) in [5, 5.41) is 12.5. The van der Waals surface area contributed by atoms with Crippen LogP contribution in [0, 0.1) is 0 Å². The second-order valence-corrected chi connectivity index (χ2v) is 8.03. The maximum atomic E-state index is 12.6. The van der Waals surface area contributed by atoms with Gasteiger partial charge in [-0.15, -0.1) is 0 Å². The summed E-state index contributed by atoms with van der Waals surface area (Å²) in [6, 6.07) is 21.2. The summed E-state index contributed by atoms with van der Waals surface area (Å²) in [5.74, 6) is -1.72. The normalized spacial score (nSPS) is 12.4. The van der Waals surface area contributed by atoms with Crippen molar-refractivity contribution in [2.75, 3.05) is 11.9 Å². The molecule has 0 saturated carbocycles. The third-order valence-electron chi connectivity index (χ3n) is 5.43. The molecule has 1 aliphatic carbocycles. The van der Waals surface area contributed by atoms with Crippen LogP contribution in [0.5, 0.6) is 0 Å². The van der Waals surface area contributed by atoms with Crippen molar-refractivity contribution in [3.8, 4) is 11.1 Å². The molecule has 1 amide bonds. The number of hydrogen-bond donors (Lipinski definition) is 2. The molecule has 1 aliphatic rings. The number of carbonyl (C=O) groups excluding carboxylic acids is 1. The van der Waals surface area contributed by atoms with Gasteiger partial charge in [0.15, 0.2) is 0 Å². The van der Waals surface area contributed by atoms with Gasteiger partial charge in [0.05, 0.1) is 5.39 Å². The topological polar surface area (TPSA) is 88.8 Å². The van der Waals surface area contributed by atoms with Crippen LogP contribution in [0.4, 0.5) is 10.5 Å². The van der Waals surface area contributed by atoms with Crippen LogP contribution >= 0.6 is 15.9 Å². The van der Waals surface area contributed by atoms with Crippen molar-refractivity contribution >= 4 is 44.6 Å². The van der Waals surface area contributed by atoms with Crippen molar-refractivity contribution in [1.29, 1.82) is 0 Å². The first-order valence-corrected chi connectivity index (χ1v) is 10.4. The first-order valence-electron chi connectivity index (χ1n) is 9.61. The van der Waals surface area contributed by atoms with Gasteiger partial charge in [-0.3, -0.25) is 5.32 Å². The number of rotatable bonds is 4. The second-order valence-electron chi connectivity index (χ2n) is 7.17. The lowest BCUT2D eigenvalue weighted by atomic mass is 9.98. The minimum absolute atomic E-state index is 0.0622. The highest BCUT2D eigenvalue weighted by molar-refractivity contribution is 9.10. The lowest BCUT2D eigenvalue weighted by Crippen LogP contribution is -2.19. The van der Waals surface area contributed by atoms with Crippen LogP contribution in [0.25, 0.3) is 22.1 Å². The standard InChI is InChI=1S/C24H16BrNO5/c25-18-10-5-11-19-20(18)21(22(31-19)23(27)28)26-24(29)30-12-17-15-8-3-1-6-13(15)14-7-2-4-9-16(14)17/h1-11,17H,12H2,(H,26,29)(H,27,28). The van der Waals surface area contributed by atoms with Gasteiger partial charge < -0.3 is 14.3 Å².